The maximum Gasteiger partial charge on any atom is 0.262 e. The zero-order valence-corrected chi connectivity index (χ0v) is 19.9. The van der Waals surface area contributed by atoms with E-state index >= 15 is 0 Å². The highest BCUT2D eigenvalue weighted by Gasteiger charge is 2.20. The summed E-state index contributed by atoms with van der Waals surface area (Å²) < 4.78 is 36.0. The Bertz CT molecular complexity index is 1390. The highest BCUT2D eigenvalue weighted by atomic mass is 32.2. The lowest BCUT2D eigenvalue weighted by atomic mass is 10.1. The van der Waals surface area contributed by atoms with Gasteiger partial charge in [-0.25, -0.2) is 13.1 Å². The van der Waals surface area contributed by atoms with E-state index in [0.717, 1.165) is 17.0 Å². The minimum Gasteiger partial charge on any atom is -0.438 e. The Labute approximate surface area is 193 Å². The number of ether oxygens (including phenoxy) is 1. The Balaban J connectivity index is 1.47. The third-order valence-corrected chi connectivity index (χ3v) is 6.74. The van der Waals surface area contributed by atoms with Crippen molar-refractivity contribution in [3.63, 3.8) is 0 Å². The number of benzene rings is 2. The number of aryl methyl sites for hydroxylation is 5. The molecule has 0 radical (unpaired) electrons. The summed E-state index contributed by atoms with van der Waals surface area (Å²) in [6.07, 6.45) is 0. The van der Waals surface area contributed by atoms with E-state index in [0.29, 0.717) is 39.2 Å². The molecule has 0 atom stereocenters. The van der Waals surface area contributed by atoms with Gasteiger partial charge in [-0.05, 0) is 82.1 Å². The number of nitrogens with zero attached hydrogens (tertiary/aromatic N) is 4. The Hall–Kier alpha value is -3.72. The first-order chi connectivity index (χ1) is 15.6. The van der Waals surface area contributed by atoms with Crippen LogP contribution in [0.25, 0.3) is 5.82 Å². The van der Waals surface area contributed by atoms with Gasteiger partial charge >= 0.3 is 0 Å². The lowest BCUT2D eigenvalue weighted by Crippen LogP contribution is -2.15. The van der Waals surface area contributed by atoms with Gasteiger partial charge in [-0.3, -0.25) is 4.72 Å². The van der Waals surface area contributed by atoms with Crippen LogP contribution in [0.5, 0.6) is 11.6 Å². The van der Waals surface area contributed by atoms with Crippen LogP contribution in [0.15, 0.2) is 59.5 Å². The number of aromatic nitrogens is 4. The van der Waals surface area contributed by atoms with Gasteiger partial charge in [0.15, 0.2) is 5.82 Å². The summed E-state index contributed by atoms with van der Waals surface area (Å²) in [4.78, 5) is 0.298. The molecule has 33 heavy (non-hydrogen) atoms. The van der Waals surface area contributed by atoms with E-state index in [-0.39, 0.29) is 0 Å². The maximum absolute atomic E-state index is 12.9. The molecule has 0 spiro atoms. The fraction of sp³-hybridized carbons (Fsp3) is 0.208. The van der Waals surface area contributed by atoms with E-state index in [1.54, 1.807) is 54.9 Å². The number of hydrogen-bond acceptors (Lipinski definition) is 6. The average Bonchev–Trinajstić information content (AvgIpc) is 3.07. The van der Waals surface area contributed by atoms with E-state index in [9.17, 15) is 8.42 Å². The van der Waals surface area contributed by atoms with Gasteiger partial charge in [-0.2, -0.15) is 5.10 Å². The average molecular weight is 464 g/mol. The smallest absolute Gasteiger partial charge is 0.262 e. The third kappa shape index (κ3) is 4.88. The molecule has 0 fully saturated rings. The molecular formula is C24H25N5O3S. The normalized spacial score (nSPS) is 11.4. The third-order valence-electron chi connectivity index (χ3n) is 5.05. The first-order valence-electron chi connectivity index (χ1n) is 10.4. The van der Waals surface area contributed by atoms with Crippen LogP contribution < -0.4 is 9.46 Å². The summed E-state index contributed by atoms with van der Waals surface area (Å²) in [6.45, 7) is 9.41. The lowest BCUT2D eigenvalue weighted by Gasteiger charge is -2.14. The van der Waals surface area contributed by atoms with Gasteiger partial charge < -0.3 is 4.74 Å². The molecule has 0 bridgehead atoms. The number of sulfonamides is 1. The molecule has 0 amide bonds. The van der Waals surface area contributed by atoms with Crippen molar-refractivity contribution in [1.82, 2.24) is 20.0 Å². The van der Waals surface area contributed by atoms with Crippen molar-refractivity contribution in [2.75, 3.05) is 4.72 Å². The number of rotatable bonds is 6. The first-order valence-corrected chi connectivity index (χ1v) is 11.9. The number of nitrogens with one attached hydrogen (secondary N) is 1. The Morgan fingerprint density at radius 2 is 1.52 bits per heavy atom. The number of anilines is 1. The first kappa shape index (κ1) is 22.5. The van der Waals surface area contributed by atoms with Crippen molar-refractivity contribution in [2.24, 2.45) is 0 Å². The van der Waals surface area contributed by atoms with Gasteiger partial charge in [0, 0.05) is 17.4 Å². The summed E-state index contributed by atoms with van der Waals surface area (Å²) in [5.74, 6) is 1.42. The van der Waals surface area contributed by atoms with E-state index in [2.05, 4.69) is 20.0 Å². The Morgan fingerprint density at radius 1 is 0.848 bits per heavy atom. The predicted octanol–water partition coefficient (Wildman–Crippen LogP) is 4.80. The van der Waals surface area contributed by atoms with E-state index < -0.39 is 10.0 Å². The van der Waals surface area contributed by atoms with Gasteiger partial charge in [0.1, 0.15) is 5.75 Å². The fourth-order valence-electron chi connectivity index (χ4n) is 3.85. The van der Waals surface area contributed by atoms with Crippen molar-refractivity contribution >= 4 is 15.7 Å². The molecule has 0 unspecified atom stereocenters. The van der Waals surface area contributed by atoms with E-state index in [4.69, 9.17) is 4.74 Å². The van der Waals surface area contributed by atoms with E-state index in [1.807, 2.05) is 39.0 Å². The number of hydrogen-bond donors (Lipinski definition) is 1. The van der Waals surface area contributed by atoms with Gasteiger partial charge in [0.25, 0.3) is 10.0 Å². The molecular weight excluding hydrogens is 438 g/mol. The van der Waals surface area contributed by atoms with Gasteiger partial charge in [-0.1, -0.05) is 17.7 Å². The van der Waals surface area contributed by atoms with Crippen LogP contribution >= 0.6 is 0 Å². The molecule has 0 saturated heterocycles. The molecule has 170 valence electrons. The van der Waals surface area contributed by atoms with Crippen LogP contribution in [0.1, 0.15) is 28.1 Å². The zero-order valence-electron chi connectivity index (χ0n) is 19.1. The van der Waals surface area contributed by atoms with E-state index in [1.165, 1.54) is 0 Å². The highest BCUT2D eigenvalue weighted by Crippen LogP contribution is 2.26. The molecule has 2 heterocycles. The predicted molar refractivity (Wildman–Crippen MR) is 127 cm³/mol. The molecule has 4 rings (SSSR count). The van der Waals surface area contributed by atoms with Gasteiger partial charge in [-0.15, -0.1) is 10.2 Å². The standard InChI is InChI=1S/C24H25N5O3S/c1-15-12-16(2)24(17(3)13-15)33(30,31)28-20-6-8-21(9-7-20)32-23-11-10-22(25-26-23)29-19(5)14-18(4)27-29/h6-14,28H,1-5H3. The SMILES string of the molecule is Cc1cc(C)c(S(=O)(=O)Nc2ccc(Oc3ccc(-n4nc(C)cc4C)nn3)cc2)c(C)c1. The summed E-state index contributed by atoms with van der Waals surface area (Å²) in [5, 5.41) is 12.7. The molecule has 1 N–H and O–H groups in total. The van der Waals surface area contributed by atoms with Crippen molar-refractivity contribution in [3.8, 4) is 17.4 Å². The second-order valence-corrected chi connectivity index (χ2v) is 9.65. The molecule has 8 nitrogen and oxygen atoms in total. The van der Waals surface area contributed by atoms with Crippen molar-refractivity contribution in [2.45, 2.75) is 39.5 Å². The second kappa shape index (κ2) is 8.67. The van der Waals surface area contributed by atoms with Crippen LogP contribution in [-0.2, 0) is 10.0 Å². The molecule has 2 aromatic heterocycles. The van der Waals surface area contributed by atoms with Crippen LogP contribution in [-0.4, -0.2) is 28.4 Å². The quantitative estimate of drug-likeness (QED) is 0.441. The molecule has 4 aromatic rings. The largest absolute Gasteiger partial charge is 0.438 e. The van der Waals surface area contributed by atoms with Crippen LogP contribution in [0.4, 0.5) is 5.69 Å². The molecule has 2 aromatic carbocycles. The minimum atomic E-state index is -3.72. The maximum atomic E-state index is 12.9. The topological polar surface area (TPSA) is 99.0 Å². The van der Waals surface area contributed by atoms with Crippen LogP contribution in [0, 0.1) is 34.6 Å². The molecule has 0 aliphatic carbocycles. The lowest BCUT2D eigenvalue weighted by molar-refractivity contribution is 0.454. The summed E-state index contributed by atoms with van der Waals surface area (Å²) in [5.41, 5.74) is 4.75. The Morgan fingerprint density at radius 3 is 2.06 bits per heavy atom. The molecule has 0 aliphatic heterocycles. The van der Waals surface area contributed by atoms with Gasteiger partial charge in [0.05, 0.1) is 10.6 Å². The molecule has 0 aliphatic rings. The van der Waals surface area contributed by atoms with Crippen molar-refractivity contribution in [3.05, 3.63) is 82.7 Å². The van der Waals surface area contributed by atoms with Crippen LogP contribution in [0.3, 0.4) is 0 Å². The van der Waals surface area contributed by atoms with Gasteiger partial charge in [0.2, 0.25) is 5.88 Å². The monoisotopic (exact) mass is 463 g/mol. The fourth-order valence-corrected chi connectivity index (χ4v) is 5.36. The summed E-state index contributed by atoms with van der Waals surface area (Å²) in [6, 6.07) is 15.8. The summed E-state index contributed by atoms with van der Waals surface area (Å²) in [7, 11) is -3.72. The second-order valence-electron chi connectivity index (χ2n) is 8.03. The van der Waals surface area contributed by atoms with Crippen molar-refractivity contribution in [1.29, 1.82) is 0 Å². The summed E-state index contributed by atoms with van der Waals surface area (Å²) >= 11 is 0. The highest BCUT2D eigenvalue weighted by molar-refractivity contribution is 7.92. The molecule has 0 saturated carbocycles. The minimum absolute atomic E-state index is 0.298. The Kier molecular flexibility index (Phi) is 5.90. The van der Waals surface area contributed by atoms with Crippen molar-refractivity contribution < 1.29 is 13.2 Å². The van der Waals surface area contributed by atoms with Crippen LogP contribution in [0.2, 0.25) is 0 Å². The zero-order chi connectivity index (χ0) is 23.8. The molecule has 9 heteroatoms.